The molecule has 4 heteroatoms. The highest BCUT2D eigenvalue weighted by atomic mass is 19.1. The lowest BCUT2D eigenvalue weighted by molar-refractivity contribution is 0.0546. The van der Waals surface area contributed by atoms with Gasteiger partial charge in [0.2, 0.25) is 0 Å². The van der Waals surface area contributed by atoms with Crippen LogP contribution in [0.25, 0.3) is 0 Å². The fraction of sp³-hybridized carbons (Fsp3) is 0.538. The van der Waals surface area contributed by atoms with Crippen LogP contribution in [0.2, 0.25) is 0 Å². The second kappa shape index (κ2) is 4.82. The molecule has 0 N–H and O–H groups in total. The van der Waals surface area contributed by atoms with E-state index in [1.807, 2.05) is 6.92 Å². The Hall–Kier alpha value is -1.45. The van der Waals surface area contributed by atoms with Crippen molar-refractivity contribution in [1.29, 1.82) is 0 Å². The number of amides is 1. The van der Waals surface area contributed by atoms with Gasteiger partial charge in [0.1, 0.15) is 0 Å². The Bertz CT molecular complexity index is 422. The van der Waals surface area contributed by atoms with Gasteiger partial charge < -0.3 is 4.90 Å². The fourth-order valence-corrected chi connectivity index (χ4v) is 2.33. The zero-order valence-corrected chi connectivity index (χ0v) is 10.2. The van der Waals surface area contributed by atoms with Crippen LogP contribution >= 0.6 is 0 Å². The number of pyridine rings is 1. The standard InChI is InChI=1S/C13H17FN2O/c1-9-4-3-7-16(10(9)2)13(17)11-5-6-15-8-12(11)14/h5-6,8-10H,3-4,7H2,1-2H3. The van der Waals surface area contributed by atoms with Crippen molar-refractivity contribution in [2.75, 3.05) is 6.54 Å². The molecule has 0 radical (unpaired) electrons. The van der Waals surface area contributed by atoms with Gasteiger partial charge in [-0.25, -0.2) is 4.39 Å². The molecule has 2 heterocycles. The summed E-state index contributed by atoms with van der Waals surface area (Å²) in [6.45, 7) is 4.87. The molecule has 0 spiro atoms. The van der Waals surface area contributed by atoms with Crippen LogP contribution in [-0.2, 0) is 0 Å². The number of nitrogens with zero attached hydrogens (tertiary/aromatic N) is 2. The molecule has 0 aromatic carbocycles. The minimum absolute atomic E-state index is 0.126. The number of piperidine rings is 1. The molecule has 1 saturated heterocycles. The molecular formula is C13H17FN2O. The van der Waals surface area contributed by atoms with Gasteiger partial charge in [-0.1, -0.05) is 6.92 Å². The lowest BCUT2D eigenvalue weighted by atomic mass is 9.91. The summed E-state index contributed by atoms with van der Waals surface area (Å²) in [4.78, 5) is 17.7. The van der Waals surface area contributed by atoms with Crippen molar-refractivity contribution >= 4 is 5.91 Å². The Morgan fingerprint density at radius 3 is 3.00 bits per heavy atom. The third-order valence-corrected chi connectivity index (χ3v) is 3.64. The van der Waals surface area contributed by atoms with E-state index in [-0.39, 0.29) is 17.5 Å². The van der Waals surface area contributed by atoms with Crippen LogP contribution in [0.4, 0.5) is 4.39 Å². The van der Waals surface area contributed by atoms with Crippen molar-refractivity contribution in [3.63, 3.8) is 0 Å². The monoisotopic (exact) mass is 236 g/mol. The van der Waals surface area contributed by atoms with Crippen molar-refractivity contribution in [3.05, 3.63) is 29.8 Å². The maximum Gasteiger partial charge on any atom is 0.257 e. The summed E-state index contributed by atoms with van der Waals surface area (Å²) in [5.74, 6) is -0.288. The molecule has 1 aliphatic rings. The maximum absolute atomic E-state index is 13.5. The number of carbonyl (C=O) groups excluding carboxylic acids is 1. The molecule has 0 saturated carbocycles. The van der Waals surface area contributed by atoms with E-state index in [0.717, 1.165) is 19.0 Å². The number of hydrogen-bond donors (Lipinski definition) is 0. The van der Waals surface area contributed by atoms with E-state index in [2.05, 4.69) is 11.9 Å². The summed E-state index contributed by atoms with van der Waals surface area (Å²) in [6.07, 6.45) is 4.66. The third kappa shape index (κ3) is 2.30. The van der Waals surface area contributed by atoms with E-state index in [9.17, 15) is 9.18 Å². The quantitative estimate of drug-likeness (QED) is 0.750. The number of aromatic nitrogens is 1. The molecule has 1 aliphatic heterocycles. The first-order chi connectivity index (χ1) is 8.11. The van der Waals surface area contributed by atoms with Crippen molar-refractivity contribution < 1.29 is 9.18 Å². The number of halogens is 1. The van der Waals surface area contributed by atoms with E-state index in [1.165, 1.54) is 12.3 Å². The smallest absolute Gasteiger partial charge is 0.257 e. The van der Waals surface area contributed by atoms with Gasteiger partial charge in [-0.2, -0.15) is 0 Å². The highest BCUT2D eigenvalue weighted by Crippen LogP contribution is 2.24. The molecule has 2 rings (SSSR count). The molecule has 3 nitrogen and oxygen atoms in total. The highest BCUT2D eigenvalue weighted by Gasteiger charge is 2.30. The predicted molar refractivity (Wildman–Crippen MR) is 63.1 cm³/mol. The molecule has 17 heavy (non-hydrogen) atoms. The van der Waals surface area contributed by atoms with E-state index in [4.69, 9.17) is 0 Å². The molecule has 1 aromatic rings. The lowest BCUT2D eigenvalue weighted by Crippen LogP contribution is -2.46. The number of carbonyl (C=O) groups is 1. The average molecular weight is 236 g/mol. The third-order valence-electron chi connectivity index (χ3n) is 3.64. The van der Waals surface area contributed by atoms with Gasteiger partial charge in [-0.05, 0) is 31.7 Å². The molecule has 1 amide bonds. The van der Waals surface area contributed by atoms with Crippen LogP contribution in [0.15, 0.2) is 18.5 Å². The summed E-state index contributed by atoms with van der Waals surface area (Å²) >= 11 is 0. The average Bonchev–Trinajstić information content (AvgIpc) is 2.32. The van der Waals surface area contributed by atoms with Crippen LogP contribution in [0.1, 0.15) is 37.0 Å². The summed E-state index contributed by atoms with van der Waals surface area (Å²) in [5.41, 5.74) is 0.126. The Balaban J connectivity index is 2.23. The Morgan fingerprint density at radius 1 is 1.53 bits per heavy atom. The molecule has 2 atom stereocenters. The van der Waals surface area contributed by atoms with Crippen LogP contribution in [-0.4, -0.2) is 28.4 Å². The summed E-state index contributed by atoms with van der Waals surface area (Å²) in [5, 5.41) is 0. The van der Waals surface area contributed by atoms with Crippen LogP contribution in [0.3, 0.4) is 0 Å². The minimum atomic E-state index is -0.539. The first-order valence-electron chi connectivity index (χ1n) is 6.01. The number of likely N-dealkylation sites (tertiary alicyclic amines) is 1. The first kappa shape index (κ1) is 12.0. The molecule has 1 fully saturated rings. The van der Waals surface area contributed by atoms with Gasteiger partial charge in [0.15, 0.2) is 5.82 Å². The van der Waals surface area contributed by atoms with Crippen molar-refractivity contribution in [2.45, 2.75) is 32.7 Å². The van der Waals surface area contributed by atoms with Gasteiger partial charge in [-0.15, -0.1) is 0 Å². The van der Waals surface area contributed by atoms with E-state index < -0.39 is 5.82 Å². The summed E-state index contributed by atoms with van der Waals surface area (Å²) in [7, 11) is 0. The van der Waals surface area contributed by atoms with E-state index in [1.54, 1.807) is 4.90 Å². The fourth-order valence-electron chi connectivity index (χ4n) is 2.33. The summed E-state index contributed by atoms with van der Waals surface area (Å²) < 4.78 is 13.5. The Kier molecular flexibility index (Phi) is 3.41. The molecule has 1 aromatic heterocycles. The molecule has 0 bridgehead atoms. The predicted octanol–water partition coefficient (Wildman–Crippen LogP) is 2.48. The zero-order chi connectivity index (χ0) is 12.4. The first-order valence-corrected chi connectivity index (χ1v) is 6.01. The second-order valence-corrected chi connectivity index (χ2v) is 4.71. The van der Waals surface area contributed by atoms with Crippen molar-refractivity contribution in [2.24, 2.45) is 5.92 Å². The summed E-state index contributed by atoms with van der Waals surface area (Å²) in [6, 6.07) is 1.62. The second-order valence-electron chi connectivity index (χ2n) is 4.71. The van der Waals surface area contributed by atoms with Crippen LogP contribution in [0, 0.1) is 11.7 Å². The van der Waals surface area contributed by atoms with Gasteiger partial charge in [-0.3, -0.25) is 9.78 Å². The van der Waals surface area contributed by atoms with E-state index >= 15 is 0 Å². The topological polar surface area (TPSA) is 33.2 Å². The maximum atomic E-state index is 13.5. The number of hydrogen-bond acceptors (Lipinski definition) is 2. The molecule has 0 aliphatic carbocycles. The van der Waals surface area contributed by atoms with Crippen molar-refractivity contribution in [3.8, 4) is 0 Å². The zero-order valence-electron chi connectivity index (χ0n) is 10.2. The molecule has 2 unspecified atom stereocenters. The lowest BCUT2D eigenvalue weighted by Gasteiger charge is -2.38. The number of rotatable bonds is 1. The normalized spacial score (nSPS) is 24.8. The minimum Gasteiger partial charge on any atom is -0.336 e. The van der Waals surface area contributed by atoms with Gasteiger partial charge in [0.05, 0.1) is 11.8 Å². The van der Waals surface area contributed by atoms with Gasteiger partial charge >= 0.3 is 0 Å². The largest absolute Gasteiger partial charge is 0.336 e. The SMILES string of the molecule is CC1CCCN(C(=O)c2ccncc2F)C1C. The Labute approximate surface area is 101 Å². The van der Waals surface area contributed by atoms with Crippen LogP contribution < -0.4 is 0 Å². The van der Waals surface area contributed by atoms with Crippen molar-refractivity contribution in [1.82, 2.24) is 9.88 Å². The van der Waals surface area contributed by atoms with E-state index in [0.29, 0.717) is 12.5 Å². The van der Waals surface area contributed by atoms with Crippen LogP contribution in [0.5, 0.6) is 0 Å². The molecular weight excluding hydrogens is 219 g/mol. The Morgan fingerprint density at radius 2 is 2.29 bits per heavy atom. The van der Waals surface area contributed by atoms with Gasteiger partial charge in [0, 0.05) is 18.8 Å². The molecule has 92 valence electrons. The van der Waals surface area contributed by atoms with Gasteiger partial charge in [0.25, 0.3) is 5.91 Å². The highest BCUT2D eigenvalue weighted by molar-refractivity contribution is 5.94.